The summed E-state index contributed by atoms with van der Waals surface area (Å²) >= 11 is 5.14. The highest BCUT2D eigenvalue weighted by molar-refractivity contribution is 7.80. The van der Waals surface area contributed by atoms with Crippen LogP contribution in [0.5, 0.6) is 5.75 Å². The van der Waals surface area contributed by atoms with E-state index >= 15 is 0 Å². The molecule has 1 amide bonds. The van der Waals surface area contributed by atoms with Crippen molar-refractivity contribution in [3.63, 3.8) is 0 Å². The fourth-order valence-electron chi connectivity index (χ4n) is 2.60. The Morgan fingerprint density at radius 3 is 2.43 bits per heavy atom. The van der Waals surface area contributed by atoms with Crippen molar-refractivity contribution in [3.05, 3.63) is 72.3 Å². The maximum Gasteiger partial charge on any atom is 0.337 e. The second-order valence-corrected chi connectivity index (χ2v) is 6.25. The average molecular weight is 394 g/mol. The number of fused-ring (bicyclic) bond motifs is 1. The largest absolute Gasteiger partial charge is 0.483 e. The van der Waals surface area contributed by atoms with Crippen molar-refractivity contribution < 1.29 is 19.1 Å². The van der Waals surface area contributed by atoms with Crippen LogP contribution >= 0.6 is 12.2 Å². The number of rotatable bonds is 5. The zero-order chi connectivity index (χ0) is 19.9. The number of benzene rings is 3. The lowest BCUT2D eigenvalue weighted by Crippen LogP contribution is -2.37. The van der Waals surface area contributed by atoms with Crippen LogP contribution in [0.1, 0.15) is 10.4 Å². The predicted octanol–water partition coefficient (Wildman–Crippen LogP) is 3.52. The van der Waals surface area contributed by atoms with E-state index in [0.717, 1.165) is 10.8 Å². The molecule has 0 unspecified atom stereocenters. The molecule has 0 saturated heterocycles. The Morgan fingerprint density at radius 1 is 0.964 bits per heavy atom. The van der Waals surface area contributed by atoms with Crippen molar-refractivity contribution >= 4 is 45.7 Å². The number of esters is 1. The third kappa shape index (κ3) is 4.83. The number of hydrogen-bond donors (Lipinski definition) is 2. The maximum absolute atomic E-state index is 12.1. The molecule has 142 valence electrons. The first-order valence-corrected chi connectivity index (χ1v) is 8.87. The van der Waals surface area contributed by atoms with Gasteiger partial charge < -0.3 is 14.8 Å². The van der Waals surface area contributed by atoms with Gasteiger partial charge in [0, 0.05) is 11.1 Å². The zero-order valence-corrected chi connectivity index (χ0v) is 15.9. The summed E-state index contributed by atoms with van der Waals surface area (Å²) < 4.78 is 10.3. The number of thiocarbonyl (C=S) groups is 1. The molecule has 6 nitrogen and oxygen atoms in total. The number of carbonyl (C=O) groups is 2. The Balaban J connectivity index is 1.53. The van der Waals surface area contributed by atoms with Gasteiger partial charge in [-0.3, -0.25) is 10.1 Å². The van der Waals surface area contributed by atoms with E-state index in [4.69, 9.17) is 17.0 Å². The first kappa shape index (κ1) is 19.3. The van der Waals surface area contributed by atoms with Crippen LogP contribution in [-0.4, -0.2) is 30.7 Å². The van der Waals surface area contributed by atoms with E-state index in [1.807, 2.05) is 42.5 Å². The van der Waals surface area contributed by atoms with E-state index in [1.54, 1.807) is 24.3 Å². The Hall–Kier alpha value is -3.45. The minimum atomic E-state index is -0.423. The van der Waals surface area contributed by atoms with E-state index in [-0.39, 0.29) is 17.6 Å². The van der Waals surface area contributed by atoms with Crippen LogP contribution < -0.4 is 15.4 Å². The first-order chi connectivity index (χ1) is 13.6. The van der Waals surface area contributed by atoms with E-state index in [9.17, 15) is 9.59 Å². The monoisotopic (exact) mass is 394 g/mol. The molecule has 2 N–H and O–H groups in total. The summed E-state index contributed by atoms with van der Waals surface area (Å²) in [6.45, 7) is -0.170. The quantitative estimate of drug-likeness (QED) is 0.509. The molecule has 0 fully saturated rings. The first-order valence-electron chi connectivity index (χ1n) is 8.46. The maximum atomic E-state index is 12.1. The molecule has 0 spiro atoms. The van der Waals surface area contributed by atoms with E-state index in [2.05, 4.69) is 15.4 Å². The number of ether oxygens (including phenoxy) is 2. The van der Waals surface area contributed by atoms with Crippen LogP contribution in [0.2, 0.25) is 0 Å². The molecule has 0 aromatic heterocycles. The number of methoxy groups -OCH3 is 1. The SMILES string of the molecule is COC(=O)c1ccc(NC(=S)NC(=O)COc2cccc3ccccc23)cc1. The summed E-state index contributed by atoms with van der Waals surface area (Å²) in [7, 11) is 1.32. The lowest BCUT2D eigenvalue weighted by molar-refractivity contribution is -0.121. The second-order valence-electron chi connectivity index (χ2n) is 5.84. The Kier molecular flexibility index (Phi) is 6.18. The summed E-state index contributed by atoms with van der Waals surface area (Å²) in [5.41, 5.74) is 1.06. The zero-order valence-electron chi connectivity index (χ0n) is 15.1. The number of anilines is 1. The predicted molar refractivity (Wildman–Crippen MR) is 112 cm³/mol. The van der Waals surface area contributed by atoms with Gasteiger partial charge in [-0.25, -0.2) is 4.79 Å². The minimum Gasteiger partial charge on any atom is -0.483 e. The highest BCUT2D eigenvalue weighted by Gasteiger charge is 2.09. The van der Waals surface area contributed by atoms with Crippen LogP contribution in [-0.2, 0) is 9.53 Å². The molecule has 3 aromatic carbocycles. The highest BCUT2D eigenvalue weighted by atomic mass is 32.1. The molecule has 0 saturated carbocycles. The van der Waals surface area contributed by atoms with Crippen molar-refractivity contribution in [2.45, 2.75) is 0 Å². The third-order valence-corrected chi connectivity index (χ3v) is 4.13. The van der Waals surface area contributed by atoms with E-state index in [1.165, 1.54) is 7.11 Å². The summed E-state index contributed by atoms with van der Waals surface area (Å²) in [4.78, 5) is 23.5. The lowest BCUT2D eigenvalue weighted by atomic mass is 10.1. The van der Waals surface area contributed by atoms with Crippen LogP contribution in [0, 0.1) is 0 Å². The van der Waals surface area contributed by atoms with Crippen LogP contribution in [0.15, 0.2) is 66.7 Å². The number of hydrogen-bond acceptors (Lipinski definition) is 5. The van der Waals surface area contributed by atoms with Crippen molar-refractivity contribution in [2.24, 2.45) is 0 Å². The summed E-state index contributed by atoms with van der Waals surface area (Å²) in [5.74, 6) is -0.171. The average Bonchev–Trinajstić information content (AvgIpc) is 2.72. The molecule has 0 bridgehead atoms. The molecular formula is C21H18N2O4S. The second kappa shape index (κ2) is 8.96. The third-order valence-electron chi connectivity index (χ3n) is 3.93. The highest BCUT2D eigenvalue weighted by Crippen LogP contribution is 2.24. The topological polar surface area (TPSA) is 76.7 Å². The number of carbonyl (C=O) groups excluding carboxylic acids is 2. The normalized spacial score (nSPS) is 10.2. The fourth-order valence-corrected chi connectivity index (χ4v) is 2.83. The van der Waals surface area contributed by atoms with Crippen molar-refractivity contribution in [1.82, 2.24) is 5.32 Å². The molecule has 0 heterocycles. The van der Waals surface area contributed by atoms with Gasteiger partial charge in [-0.15, -0.1) is 0 Å². The number of amides is 1. The summed E-state index contributed by atoms with van der Waals surface area (Å²) in [5, 5.41) is 7.54. The Labute approximate surface area is 167 Å². The van der Waals surface area contributed by atoms with Gasteiger partial charge >= 0.3 is 5.97 Å². The van der Waals surface area contributed by atoms with Crippen LogP contribution in [0.3, 0.4) is 0 Å². The smallest absolute Gasteiger partial charge is 0.337 e. The van der Waals surface area contributed by atoms with Gasteiger partial charge in [0.25, 0.3) is 5.91 Å². The van der Waals surface area contributed by atoms with E-state index in [0.29, 0.717) is 17.0 Å². The van der Waals surface area contributed by atoms with Crippen LogP contribution in [0.4, 0.5) is 5.69 Å². The lowest BCUT2D eigenvalue weighted by Gasteiger charge is -2.12. The van der Waals surface area contributed by atoms with Gasteiger partial charge in [-0.05, 0) is 47.9 Å². The van der Waals surface area contributed by atoms with Gasteiger partial charge in [-0.1, -0.05) is 36.4 Å². The molecule has 3 rings (SSSR count). The minimum absolute atomic E-state index is 0.136. The van der Waals surface area contributed by atoms with Crippen molar-refractivity contribution in [3.8, 4) is 5.75 Å². The van der Waals surface area contributed by atoms with Crippen LogP contribution in [0.25, 0.3) is 10.8 Å². The molecule has 0 aliphatic rings. The van der Waals surface area contributed by atoms with Crippen molar-refractivity contribution in [2.75, 3.05) is 19.0 Å². The summed E-state index contributed by atoms with van der Waals surface area (Å²) in [6, 6.07) is 20.0. The molecule has 3 aromatic rings. The van der Waals surface area contributed by atoms with Gasteiger partial charge in [0.1, 0.15) is 5.75 Å². The molecule has 28 heavy (non-hydrogen) atoms. The molecule has 0 atom stereocenters. The molecule has 7 heteroatoms. The standard InChI is InChI=1S/C21H18N2O4S/c1-26-20(25)15-9-11-16(12-10-15)22-21(28)23-19(24)13-27-18-8-4-6-14-5-2-3-7-17(14)18/h2-12H,13H2,1H3,(H2,22,23,24,28). The van der Waals surface area contributed by atoms with Gasteiger partial charge in [0.05, 0.1) is 12.7 Å². The van der Waals surface area contributed by atoms with E-state index < -0.39 is 5.97 Å². The molecule has 0 aliphatic heterocycles. The summed E-state index contributed by atoms with van der Waals surface area (Å²) in [6.07, 6.45) is 0. The van der Waals surface area contributed by atoms with Crippen molar-refractivity contribution in [1.29, 1.82) is 0 Å². The Morgan fingerprint density at radius 2 is 1.68 bits per heavy atom. The molecule has 0 aliphatic carbocycles. The molecular weight excluding hydrogens is 376 g/mol. The number of nitrogens with one attached hydrogen (secondary N) is 2. The van der Waals surface area contributed by atoms with Gasteiger partial charge in [-0.2, -0.15) is 0 Å². The van der Waals surface area contributed by atoms with Gasteiger partial charge in [0.2, 0.25) is 0 Å². The fraction of sp³-hybridized carbons (Fsp3) is 0.0952. The van der Waals surface area contributed by atoms with Gasteiger partial charge in [0.15, 0.2) is 11.7 Å². The molecule has 0 radical (unpaired) electrons. The Bertz CT molecular complexity index is 1010.